The molecule has 0 amide bonds. The third-order valence-corrected chi connectivity index (χ3v) is 6.54. The molecule has 1 unspecified atom stereocenters. The fourth-order valence-electron chi connectivity index (χ4n) is 5.05. The predicted octanol–water partition coefficient (Wildman–Crippen LogP) is 3.34. The van der Waals surface area contributed by atoms with E-state index in [0.717, 1.165) is 19.0 Å². The molecule has 0 aromatic heterocycles. The number of likely N-dealkylation sites (tertiary alicyclic amines) is 2. The Morgan fingerprint density at radius 1 is 1.08 bits per heavy atom. The van der Waals surface area contributed by atoms with Gasteiger partial charge in [0.2, 0.25) is 0 Å². The van der Waals surface area contributed by atoms with Gasteiger partial charge in [-0.15, -0.1) is 0 Å². The lowest BCUT2D eigenvalue weighted by molar-refractivity contribution is 0.186. The van der Waals surface area contributed by atoms with Crippen LogP contribution in [0, 0.1) is 11.3 Å². The van der Waals surface area contributed by atoms with Gasteiger partial charge in [0.05, 0.1) is 0 Å². The molecule has 2 saturated heterocycles. The van der Waals surface area contributed by atoms with Gasteiger partial charge in [0, 0.05) is 32.7 Å². The Balaban J connectivity index is 1.57. The Kier molecular flexibility index (Phi) is 6.43. The topological polar surface area (TPSA) is 30.9 Å². The average molecular weight is 335 g/mol. The van der Waals surface area contributed by atoms with Gasteiger partial charge in [-0.2, -0.15) is 0 Å². The minimum absolute atomic E-state index is 0.609. The maximum atomic E-state index is 5.07. The molecule has 3 fully saturated rings. The fraction of sp³-hybridized carbons (Fsp3) is 0.950. The summed E-state index contributed by atoms with van der Waals surface area (Å²) in [6.45, 7) is 12.6. The molecular formula is C20H38N4. The molecule has 0 aromatic carbocycles. The molecule has 4 nitrogen and oxygen atoms in total. The van der Waals surface area contributed by atoms with E-state index in [0.29, 0.717) is 5.41 Å². The van der Waals surface area contributed by atoms with Gasteiger partial charge >= 0.3 is 0 Å². The zero-order valence-corrected chi connectivity index (χ0v) is 16.0. The van der Waals surface area contributed by atoms with Crippen molar-refractivity contribution in [2.24, 2.45) is 16.3 Å². The Bertz CT molecular complexity index is 414. The van der Waals surface area contributed by atoms with E-state index in [1.54, 1.807) is 0 Å². The first-order valence-electron chi connectivity index (χ1n) is 10.5. The average Bonchev–Trinajstić information content (AvgIpc) is 3.02. The third-order valence-electron chi connectivity index (χ3n) is 6.54. The van der Waals surface area contributed by atoms with Crippen molar-refractivity contribution in [3.8, 4) is 0 Å². The van der Waals surface area contributed by atoms with Crippen molar-refractivity contribution in [2.75, 3.05) is 45.8 Å². The first-order valence-corrected chi connectivity index (χ1v) is 10.5. The normalized spacial score (nSPS) is 28.5. The molecule has 1 atom stereocenters. The van der Waals surface area contributed by atoms with Crippen LogP contribution >= 0.6 is 0 Å². The Morgan fingerprint density at radius 2 is 1.92 bits per heavy atom. The molecule has 0 radical (unpaired) electrons. The number of hydrogen-bond donors (Lipinski definition) is 1. The summed E-state index contributed by atoms with van der Waals surface area (Å²) < 4.78 is 0. The minimum atomic E-state index is 0.609. The van der Waals surface area contributed by atoms with E-state index in [-0.39, 0.29) is 0 Å². The number of rotatable bonds is 4. The van der Waals surface area contributed by atoms with E-state index in [2.05, 4.69) is 29.0 Å². The summed E-state index contributed by atoms with van der Waals surface area (Å²) in [4.78, 5) is 10.2. The molecule has 3 rings (SSSR count). The van der Waals surface area contributed by atoms with E-state index >= 15 is 0 Å². The summed E-state index contributed by atoms with van der Waals surface area (Å²) in [5.74, 6) is 1.94. The second-order valence-corrected chi connectivity index (χ2v) is 8.33. The van der Waals surface area contributed by atoms with Crippen molar-refractivity contribution in [1.82, 2.24) is 15.1 Å². The largest absolute Gasteiger partial charge is 0.357 e. The SMILES string of the molecule is CCNC(=NCC1CCCN(CC)C1)N1CCC2(CCCCC2)C1. The Hall–Kier alpha value is -0.770. The smallest absolute Gasteiger partial charge is 0.193 e. The highest BCUT2D eigenvalue weighted by molar-refractivity contribution is 5.80. The Labute approximate surface area is 149 Å². The van der Waals surface area contributed by atoms with Crippen LogP contribution in [0.15, 0.2) is 4.99 Å². The number of guanidine groups is 1. The van der Waals surface area contributed by atoms with Crippen LogP contribution in [0.3, 0.4) is 0 Å². The van der Waals surface area contributed by atoms with Crippen molar-refractivity contribution in [1.29, 1.82) is 0 Å². The van der Waals surface area contributed by atoms with Gasteiger partial charge in [-0.25, -0.2) is 0 Å². The van der Waals surface area contributed by atoms with Crippen molar-refractivity contribution >= 4 is 5.96 Å². The van der Waals surface area contributed by atoms with Gasteiger partial charge in [0.1, 0.15) is 0 Å². The number of nitrogens with one attached hydrogen (secondary N) is 1. The lowest BCUT2D eigenvalue weighted by atomic mass is 9.73. The summed E-state index contributed by atoms with van der Waals surface area (Å²) in [6.07, 6.45) is 11.3. The standard InChI is InChI=1S/C20H38N4/c1-3-21-19(22-15-18-9-8-13-23(4-2)16-18)24-14-12-20(17-24)10-6-5-7-11-20/h18H,3-17H2,1-2H3,(H,21,22). The van der Waals surface area contributed by atoms with Crippen molar-refractivity contribution in [2.45, 2.75) is 65.2 Å². The molecular weight excluding hydrogens is 296 g/mol. The van der Waals surface area contributed by atoms with E-state index in [9.17, 15) is 0 Å². The zero-order valence-electron chi connectivity index (χ0n) is 16.0. The van der Waals surface area contributed by atoms with Crippen molar-refractivity contribution in [3.05, 3.63) is 0 Å². The molecule has 1 spiro atoms. The molecule has 2 aliphatic heterocycles. The van der Waals surface area contributed by atoms with Crippen LogP contribution in [0.2, 0.25) is 0 Å². The lowest BCUT2D eigenvalue weighted by Crippen LogP contribution is -2.42. The molecule has 1 saturated carbocycles. The van der Waals surface area contributed by atoms with Gasteiger partial charge in [0.15, 0.2) is 5.96 Å². The number of nitrogens with zero attached hydrogens (tertiary/aromatic N) is 3. The van der Waals surface area contributed by atoms with E-state index in [1.807, 2.05) is 0 Å². The molecule has 24 heavy (non-hydrogen) atoms. The highest BCUT2D eigenvalue weighted by Gasteiger charge is 2.39. The monoisotopic (exact) mass is 334 g/mol. The maximum absolute atomic E-state index is 5.07. The van der Waals surface area contributed by atoms with E-state index in [4.69, 9.17) is 4.99 Å². The zero-order chi connectivity index (χ0) is 16.8. The second kappa shape index (κ2) is 8.55. The van der Waals surface area contributed by atoms with Gasteiger partial charge in [0.25, 0.3) is 0 Å². The van der Waals surface area contributed by atoms with Crippen LogP contribution in [0.1, 0.15) is 65.2 Å². The fourth-order valence-corrected chi connectivity index (χ4v) is 5.05. The van der Waals surface area contributed by atoms with Gasteiger partial charge in [-0.05, 0) is 63.5 Å². The van der Waals surface area contributed by atoms with Crippen LogP contribution in [0.4, 0.5) is 0 Å². The van der Waals surface area contributed by atoms with Crippen molar-refractivity contribution < 1.29 is 0 Å². The van der Waals surface area contributed by atoms with Gasteiger partial charge < -0.3 is 15.1 Å². The van der Waals surface area contributed by atoms with Crippen molar-refractivity contribution in [3.63, 3.8) is 0 Å². The number of aliphatic imine (C=N–C) groups is 1. The van der Waals surface area contributed by atoms with Gasteiger partial charge in [-0.3, -0.25) is 4.99 Å². The molecule has 2 heterocycles. The lowest BCUT2D eigenvalue weighted by Gasteiger charge is -2.34. The molecule has 4 heteroatoms. The van der Waals surface area contributed by atoms with Gasteiger partial charge in [-0.1, -0.05) is 26.2 Å². The van der Waals surface area contributed by atoms with Crippen LogP contribution in [0.5, 0.6) is 0 Å². The van der Waals surface area contributed by atoms with Crippen LogP contribution < -0.4 is 5.32 Å². The minimum Gasteiger partial charge on any atom is -0.357 e. The number of piperidine rings is 1. The first kappa shape index (κ1) is 18.0. The summed E-state index contributed by atoms with van der Waals surface area (Å²) in [5, 5.41) is 3.57. The second-order valence-electron chi connectivity index (χ2n) is 8.33. The summed E-state index contributed by atoms with van der Waals surface area (Å²) >= 11 is 0. The van der Waals surface area contributed by atoms with Crippen LogP contribution in [0.25, 0.3) is 0 Å². The van der Waals surface area contributed by atoms with E-state index < -0.39 is 0 Å². The molecule has 0 aromatic rings. The molecule has 1 N–H and O–H groups in total. The maximum Gasteiger partial charge on any atom is 0.193 e. The first-order chi connectivity index (χ1) is 11.7. The quantitative estimate of drug-likeness (QED) is 0.632. The van der Waals surface area contributed by atoms with Crippen LogP contribution in [-0.4, -0.2) is 61.6 Å². The Morgan fingerprint density at radius 3 is 2.67 bits per heavy atom. The van der Waals surface area contributed by atoms with E-state index in [1.165, 1.54) is 90.0 Å². The summed E-state index contributed by atoms with van der Waals surface area (Å²) in [5.41, 5.74) is 0.609. The molecule has 138 valence electrons. The van der Waals surface area contributed by atoms with Crippen LogP contribution in [-0.2, 0) is 0 Å². The third kappa shape index (κ3) is 4.44. The molecule has 3 aliphatic rings. The number of hydrogen-bond acceptors (Lipinski definition) is 2. The molecule has 1 aliphatic carbocycles. The predicted molar refractivity (Wildman–Crippen MR) is 103 cm³/mol. The highest BCUT2D eigenvalue weighted by Crippen LogP contribution is 2.43. The molecule has 0 bridgehead atoms. The summed E-state index contributed by atoms with van der Waals surface area (Å²) in [7, 11) is 0. The summed E-state index contributed by atoms with van der Waals surface area (Å²) in [6, 6.07) is 0. The highest BCUT2D eigenvalue weighted by atomic mass is 15.3.